The second-order valence-corrected chi connectivity index (χ2v) is 8.59. The summed E-state index contributed by atoms with van der Waals surface area (Å²) in [7, 11) is 0. The second-order valence-electron chi connectivity index (χ2n) is 7.68. The number of hydrogen-bond donors (Lipinski definition) is 0. The van der Waals surface area contributed by atoms with Crippen molar-refractivity contribution in [2.75, 3.05) is 0 Å². The van der Waals surface area contributed by atoms with Crippen LogP contribution in [-0.4, -0.2) is 20.4 Å². The van der Waals surface area contributed by atoms with Gasteiger partial charge in [-0.25, -0.2) is 4.98 Å². The SMILES string of the molecule is CCn1c(C)cc(C=Nn2c(-c3cc4cc(Br)ccc4o3)nc3ccccc3c2=O)c1C. The van der Waals surface area contributed by atoms with E-state index in [2.05, 4.69) is 52.4 Å². The summed E-state index contributed by atoms with van der Waals surface area (Å²) in [6, 6.07) is 17.0. The Hall–Kier alpha value is -3.45. The molecule has 160 valence electrons. The van der Waals surface area contributed by atoms with Crippen molar-refractivity contribution in [2.45, 2.75) is 27.3 Å². The molecule has 7 heteroatoms. The van der Waals surface area contributed by atoms with E-state index in [1.807, 2.05) is 42.5 Å². The molecule has 0 fully saturated rings. The van der Waals surface area contributed by atoms with Crippen LogP contribution in [0.25, 0.3) is 33.5 Å². The number of rotatable bonds is 4. The van der Waals surface area contributed by atoms with Gasteiger partial charge >= 0.3 is 0 Å². The van der Waals surface area contributed by atoms with E-state index in [-0.39, 0.29) is 5.56 Å². The first-order valence-electron chi connectivity index (χ1n) is 10.4. The molecule has 0 spiro atoms. The number of nitrogens with zero attached hydrogens (tertiary/aromatic N) is 4. The minimum atomic E-state index is -0.243. The van der Waals surface area contributed by atoms with Crippen LogP contribution in [0.3, 0.4) is 0 Å². The van der Waals surface area contributed by atoms with Gasteiger partial charge in [0.25, 0.3) is 5.56 Å². The predicted octanol–water partition coefficient (Wildman–Crippen LogP) is 5.89. The molecule has 5 rings (SSSR count). The van der Waals surface area contributed by atoms with Crippen LogP contribution in [0, 0.1) is 13.8 Å². The van der Waals surface area contributed by atoms with Crippen molar-refractivity contribution in [3.63, 3.8) is 0 Å². The van der Waals surface area contributed by atoms with Crippen LogP contribution >= 0.6 is 15.9 Å². The Balaban J connectivity index is 1.73. The predicted molar refractivity (Wildman–Crippen MR) is 131 cm³/mol. The highest BCUT2D eigenvalue weighted by Crippen LogP contribution is 2.29. The van der Waals surface area contributed by atoms with Crippen LogP contribution in [0.2, 0.25) is 0 Å². The normalized spacial score (nSPS) is 11.9. The highest BCUT2D eigenvalue weighted by Gasteiger charge is 2.17. The van der Waals surface area contributed by atoms with E-state index in [1.165, 1.54) is 4.68 Å². The first-order chi connectivity index (χ1) is 15.5. The fourth-order valence-corrected chi connectivity index (χ4v) is 4.46. The topological polar surface area (TPSA) is 65.3 Å². The Morgan fingerprint density at radius 2 is 1.94 bits per heavy atom. The number of hydrogen-bond acceptors (Lipinski definition) is 4. The molecule has 5 aromatic rings. The summed E-state index contributed by atoms with van der Waals surface area (Å²) < 4.78 is 10.5. The van der Waals surface area contributed by atoms with Gasteiger partial charge in [-0.3, -0.25) is 4.79 Å². The summed E-state index contributed by atoms with van der Waals surface area (Å²) >= 11 is 3.49. The number of aromatic nitrogens is 3. The highest BCUT2D eigenvalue weighted by atomic mass is 79.9. The third kappa shape index (κ3) is 3.39. The molecule has 0 radical (unpaired) electrons. The van der Waals surface area contributed by atoms with Crippen LogP contribution in [0.15, 0.2) is 73.4 Å². The molecular formula is C25H21BrN4O2. The van der Waals surface area contributed by atoms with Crippen molar-refractivity contribution in [1.82, 2.24) is 14.2 Å². The molecule has 2 aromatic carbocycles. The van der Waals surface area contributed by atoms with E-state index in [0.29, 0.717) is 28.1 Å². The maximum absolute atomic E-state index is 13.4. The molecule has 0 bridgehead atoms. The van der Waals surface area contributed by atoms with Gasteiger partial charge < -0.3 is 8.98 Å². The quantitative estimate of drug-likeness (QED) is 0.296. The Kier molecular flexibility index (Phi) is 5.06. The number of aryl methyl sites for hydroxylation is 1. The van der Waals surface area contributed by atoms with E-state index in [0.717, 1.165) is 33.4 Å². The van der Waals surface area contributed by atoms with Gasteiger partial charge in [-0.2, -0.15) is 9.78 Å². The lowest BCUT2D eigenvalue weighted by molar-refractivity contribution is 0.616. The lowest BCUT2D eigenvalue weighted by Crippen LogP contribution is -2.20. The van der Waals surface area contributed by atoms with Gasteiger partial charge in [0.2, 0.25) is 5.82 Å². The summed E-state index contributed by atoms with van der Waals surface area (Å²) in [6.07, 6.45) is 1.72. The second kappa shape index (κ2) is 7.91. The van der Waals surface area contributed by atoms with Crippen LogP contribution in [0.1, 0.15) is 23.9 Å². The average Bonchev–Trinajstić information content (AvgIpc) is 3.32. The highest BCUT2D eigenvalue weighted by molar-refractivity contribution is 9.10. The zero-order chi connectivity index (χ0) is 22.4. The van der Waals surface area contributed by atoms with Gasteiger partial charge in [0, 0.05) is 33.4 Å². The van der Waals surface area contributed by atoms with Gasteiger partial charge in [-0.1, -0.05) is 28.1 Å². The van der Waals surface area contributed by atoms with Crippen LogP contribution in [0.4, 0.5) is 0 Å². The molecule has 0 aliphatic heterocycles. The molecule has 0 aliphatic rings. The van der Waals surface area contributed by atoms with Gasteiger partial charge in [-0.05, 0) is 63.2 Å². The largest absolute Gasteiger partial charge is 0.453 e. The fraction of sp³-hybridized carbons (Fsp3) is 0.160. The molecule has 0 aliphatic carbocycles. The molecule has 6 nitrogen and oxygen atoms in total. The molecular weight excluding hydrogens is 468 g/mol. The minimum Gasteiger partial charge on any atom is -0.453 e. The standard InChI is InChI=1S/C25H21BrN4O2/c1-4-29-15(2)11-18(16(29)3)14-27-30-24(28-21-8-6-5-7-20(21)25(30)31)23-13-17-12-19(26)9-10-22(17)32-23/h5-14H,4H2,1-3H3. The van der Waals surface area contributed by atoms with Crippen LogP contribution in [0.5, 0.6) is 0 Å². The van der Waals surface area contributed by atoms with Crippen LogP contribution < -0.4 is 5.56 Å². The van der Waals surface area contributed by atoms with Crippen molar-refractivity contribution in [1.29, 1.82) is 0 Å². The molecule has 0 N–H and O–H groups in total. The van der Waals surface area contributed by atoms with Gasteiger partial charge in [0.1, 0.15) is 5.58 Å². The minimum absolute atomic E-state index is 0.243. The number of furan rings is 1. The first-order valence-corrected chi connectivity index (χ1v) is 11.2. The fourth-order valence-electron chi connectivity index (χ4n) is 4.08. The Morgan fingerprint density at radius 3 is 2.72 bits per heavy atom. The van der Waals surface area contributed by atoms with Gasteiger partial charge in [0.05, 0.1) is 17.1 Å². The van der Waals surface area contributed by atoms with Gasteiger partial charge in [-0.15, -0.1) is 0 Å². The molecule has 32 heavy (non-hydrogen) atoms. The Bertz CT molecular complexity index is 1570. The summed E-state index contributed by atoms with van der Waals surface area (Å²) in [5, 5.41) is 6.00. The molecule has 3 heterocycles. The van der Waals surface area contributed by atoms with E-state index in [4.69, 9.17) is 9.40 Å². The monoisotopic (exact) mass is 488 g/mol. The first kappa shape index (κ1) is 20.5. The van der Waals surface area contributed by atoms with Crippen molar-refractivity contribution in [3.05, 3.63) is 86.4 Å². The lowest BCUT2D eigenvalue weighted by Gasteiger charge is -2.07. The molecule has 0 saturated heterocycles. The smallest absolute Gasteiger partial charge is 0.282 e. The van der Waals surface area contributed by atoms with Crippen LogP contribution in [-0.2, 0) is 6.54 Å². The Morgan fingerprint density at radius 1 is 1.12 bits per heavy atom. The molecule has 0 amide bonds. The molecule has 0 unspecified atom stereocenters. The van der Waals surface area contributed by atoms with Crippen molar-refractivity contribution >= 4 is 44.0 Å². The van der Waals surface area contributed by atoms with E-state index in [9.17, 15) is 4.79 Å². The maximum Gasteiger partial charge on any atom is 0.282 e. The number of para-hydroxylation sites is 1. The molecule has 3 aromatic heterocycles. The summed E-state index contributed by atoms with van der Waals surface area (Å²) in [5.41, 5.74) is 4.29. The maximum atomic E-state index is 13.4. The lowest BCUT2D eigenvalue weighted by atomic mass is 10.2. The zero-order valence-electron chi connectivity index (χ0n) is 18.0. The third-order valence-corrected chi connectivity index (χ3v) is 6.19. The van der Waals surface area contributed by atoms with Gasteiger partial charge in [0.15, 0.2) is 5.76 Å². The van der Waals surface area contributed by atoms with E-state index < -0.39 is 0 Å². The zero-order valence-corrected chi connectivity index (χ0v) is 19.5. The van der Waals surface area contributed by atoms with Crippen molar-refractivity contribution < 1.29 is 4.42 Å². The van der Waals surface area contributed by atoms with Crippen molar-refractivity contribution in [3.8, 4) is 11.6 Å². The van der Waals surface area contributed by atoms with E-state index in [1.54, 1.807) is 12.3 Å². The average molecular weight is 489 g/mol. The molecule has 0 atom stereocenters. The number of benzene rings is 2. The molecule has 0 saturated carbocycles. The summed E-state index contributed by atoms with van der Waals surface area (Å²) in [5.74, 6) is 0.846. The number of halogens is 1. The van der Waals surface area contributed by atoms with E-state index >= 15 is 0 Å². The Labute approximate surface area is 192 Å². The summed E-state index contributed by atoms with van der Waals surface area (Å²) in [6.45, 7) is 7.10. The van der Waals surface area contributed by atoms with Crippen molar-refractivity contribution in [2.24, 2.45) is 5.10 Å². The summed E-state index contributed by atoms with van der Waals surface area (Å²) in [4.78, 5) is 18.1. The third-order valence-electron chi connectivity index (χ3n) is 5.69. The number of fused-ring (bicyclic) bond motifs is 2.